The Labute approximate surface area is 159 Å². The molecule has 3 aromatic rings. The summed E-state index contributed by atoms with van der Waals surface area (Å²) < 4.78 is 0. The molecule has 1 heterocycles. The third-order valence-electron chi connectivity index (χ3n) is 4.03. The molecular weight excluding hydrogens is 364 g/mol. The second-order valence-corrected chi connectivity index (χ2v) is 7.17. The molecule has 2 aromatic carbocycles. The van der Waals surface area contributed by atoms with E-state index in [-0.39, 0.29) is 11.4 Å². The fourth-order valence-electron chi connectivity index (χ4n) is 2.39. The van der Waals surface area contributed by atoms with Crippen molar-refractivity contribution in [2.75, 3.05) is 11.1 Å². The van der Waals surface area contributed by atoms with Gasteiger partial charge in [0.1, 0.15) is 11.4 Å². The van der Waals surface area contributed by atoms with E-state index in [2.05, 4.69) is 42.3 Å². The first-order chi connectivity index (χ1) is 12.8. The number of hydrogen-bond acceptors (Lipinski definition) is 5. The van der Waals surface area contributed by atoms with Gasteiger partial charge in [-0.25, -0.2) is 4.79 Å². The van der Waals surface area contributed by atoms with E-state index < -0.39 is 17.2 Å². The van der Waals surface area contributed by atoms with E-state index in [0.717, 1.165) is 9.79 Å². The molecule has 0 unspecified atom stereocenters. The van der Waals surface area contributed by atoms with Crippen LogP contribution in [0.2, 0.25) is 0 Å². The molecule has 3 rings (SSSR count). The van der Waals surface area contributed by atoms with Crippen molar-refractivity contribution in [1.82, 2.24) is 9.97 Å². The second-order valence-electron chi connectivity index (χ2n) is 6.02. The van der Waals surface area contributed by atoms with Crippen molar-refractivity contribution in [1.29, 1.82) is 0 Å². The average Bonchev–Trinajstić information content (AvgIpc) is 2.63. The molecule has 1 amide bonds. The number of carbonyl (C=O) groups excluding carboxylic acids is 1. The van der Waals surface area contributed by atoms with E-state index >= 15 is 0 Å². The van der Waals surface area contributed by atoms with Gasteiger partial charge < -0.3 is 16.0 Å². The van der Waals surface area contributed by atoms with Crippen LogP contribution in [0, 0.1) is 13.8 Å². The fraction of sp³-hybridized carbons (Fsp3) is 0.105. The first-order valence-electron chi connectivity index (χ1n) is 8.12. The fourth-order valence-corrected chi connectivity index (χ4v) is 3.30. The Morgan fingerprint density at radius 3 is 2.30 bits per heavy atom. The van der Waals surface area contributed by atoms with Crippen molar-refractivity contribution in [3.8, 4) is 0 Å². The van der Waals surface area contributed by atoms with Crippen molar-refractivity contribution in [3.63, 3.8) is 0 Å². The highest BCUT2D eigenvalue weighted by Gasteiger charge is 2.14. The number of nitrogens with one attached hydrogen (secondary N) is 3. The molecule has 7 nitrogen and oxygen atoms in total. The van der Waals surface area contributed by atoms with Crippen LogP contribution in [0.15, 0.2) is 61.8 Å². The van der Waals surface area contributed by atoms with Gasteiger partial charge in [-0.15, -0.1) is 0 Å². The predicted molar refractivity (Wildman–Crippen MR) is 107 cm³/mol. The van der Waals surface area contributed by atoms with Crippen LogP contribution in [0.3, 0.4) is 0 Å². The molecule has 0 fully saturated rings. The molecular formula is C19H18N4O3S. The Kier molecular flexibility index (Phi) is 5.18. The molecule has 27 heavy (non-hydrogen) atoms. The lowest BCUT2D eigenvalue weighted by atomic mass is 10.1. The largest absolute Gasteiger partial charge is 0.392 e. The number of rotatable bonds is 4. The van der Waals surface area contributed by atoms with Crippen LogP contribution in [-0.4, -0.2) is 15.9 Å². The molecule has 1 aromatic heterocycles. The summed E-state index contributed by atoms with van der Waals surface area (Å²) in [6.07, 6.45) is 0. The number of nitrogen functional groups attached to an aromatic ring is 1. The van der Waals surface area contributed by atoms with E-state index in [0.29, 0.717) is 5.69 Å². The summed E-state index contributed by atoms with van der Waals surface area (Å²) in [5.41, 5.74) is 6.35. The van der Waals surface area contributed by atoms with Crippen LogP contribution in [-0.2, 0) is 0 Å². The normalized spacial score (nSPS) is 10.6. The molecule has 5 N–H and O–H groups in total. The number of benzene rings is 2. The predicted octanol–water partition coefficient (Wildman–Crippen LogP) is 2.67. The maximum atomic E-state index is 12.3. The third kappa shape index (κ3) is 4.29. The number of aromatic amines is 2. The van der Waals surface area contributed by atoms with Gasteiger partial charge in [0.25, 0.3) is 11.5 Å². The maximum absolute atomic E-state index is 12.3. The van der Waals surface area contributed by atoms with Gasteiger partial charge in [0.15, 0.2) is 0 Å². The maximum Gasteiger partial charge on any atom is 0.326 e. The molecule has 0 bridgehead atoms. The highest BCUT2D eigenvalue weighted by atomic mass is 32.2. The third-order valence-corrected chi connectivity index (χ3v) is 5.03. The first-order valence-corrected chi connectivity index (χ1v) is 8.94. The quantitative estimate of drug-likeness (QED) is 0.553. The number of hydrogen-bond donors (Lipinski definition) is 4. The minimum Gasteiger partial charge on any atom is -0.392 e. The van der Waals surface area contributed by atoms with Gasteiger partial charge in [-0.05, 0) is 61.4 Å². The van der Waals surface area contributed by atoms with Gasteiger partial charge in [0.2, 0.25) is 0 Å². The summed E-state index contributed by atoms with van der Waals surface area (Å²) in [4.78, 5) is 41.4. The number of aryl methyl sites for hydroxylation is 2. The average molecular weight is 382 g/mol. The monoisotopic (exact) mass is 382 g/mol. The lowest BCUT2D eigenvalue weighted by Gasteiger charge is -2.08. The summed E-state index contributed by atoms with van der Waals surface area (Å²) >= 11 is 1.62. The molecule has 0 saturated heterocycles. The lowest BCUT2D eigenvalue weighted by Crippen LogP contribution is -2.30. The van der Waals surface area contributed by atoms with E-state index in [1.165, 1.54) is 11.1 Å². The molecule has 138 valence electrons. The van der Waals surface area contributed by atoms with Crippen LogP contribution < -0.4 is 22.3 Å². The van der Waals surface area contributed by atoms with E-state index in [1.54, 1.807) is 23.9 Å². The SMILES string of the molecule is Cc1ccc(Sc2ccc(NC(=O)c3[nH]c(=O)[nH]c(=O)c3N)cc2)cc1C. The lowest BCUT2D eigenvalue weighted by molar-refractivity contribution is 0.102. The standard InChI is InChI=1S/C19H18N4O3S/c1-10-3-6-14(9-11(10)2)27-13-7-4-12(5-8-13)21-18(25)16-15(20)17(24)23-19(26)22-16/h3-9H,20H2,1-2H3,(H,21,25)(H2,22,23,24,26). The van der Waals surface area contributed by atoms with Crippen molar-refractivity contribution in [2.45, 2.75) is 23.6 Å². The van der Waals surface area contributed by atoms with Gasteiger partial charge in [0.05, 0.1) is 0 Å². The number of anilines is 2. The van der Waals surface area contributed by atoms with Crippen LogP contribution in [0.1, 0.15) is 21.6 Å². The highest BCUT2D eigenvalue weighted by molar-refractivity contribution is 7.99. The Morgan fingerprint density at radius 2 is 1.63 bits per heavy atom. The Hall–Kier alpha value is -3.26. The minimum atomic E-state index is -0.802. The van der Waals surface area contributed by atoms with Crippen LogP contribution in [0.25, 0.3) is 0 Å². The van der Waals surface area contributed by atoms with Gasteiger partial charge in [-0.1, -0.05) is 17.8 Å². The second kappa shape index (κ2) is 7.55. The van der Waals surface area contributed by atoms with Crippen LogP contribution >= 0.6 is 11.8 Å². The first kappa shape index (κ1) is 18.5. The zero-order valence-corrected chi connectivity index (χ0v) is 15.6. The smallest absolute Gasteiger partial charge is 0.326 e. The number of H-pyrrole nitrogens is 2. The molecule has 0 aliphatic carbocycles. The zero-order chi connectivity index (χ0) is 19.6. The van der Waals surface area contributed by atoms with Crippen molar-refractivity contribution in [2.24, 2.45) is 0 Å². The van der Waals surface area contributed by atoms with Crippen molar-refractivity contribution in [3.05, 3.63) is 80.1 Å². The summed E-state index contributed by atoms with van der Waals surface area (Å²) in [5, 5.41) is 2.61. The van der Waals surface area contributed by atoms with Crippen molar-refractivity contribution < 1.29 is 4.79 Å². The number of aromatic nitrogens is 2. The van der Waals surface area contributed by atoms with Gasteiger partial charge in [0, 0.05) is 15.5 Å². The number of carbonyl (C=O) groups is 1. The van der Waals surface area contributed by atoms with Gasteiger partial charge in [-0.3, -0.25) is 14.6 Å². The Morgan fingerprint density at radius 1 is 0.963 bits per heavy atom. The van der Waals surface area contributed by atoms with E-state index in [9.17, 15) is 14.4 Å². The molecule has 8 heteroatoms. The summed E-state index contributed by atoms with van der Waals surface area (Å²) in [6.45, 7) is 4.14. The molecule has 0 atom stereocenters. The van der Waals surface area contributed by atoms with E-state index in [1.807, 2.05) is 17.1 Å². The van der Waals surface area contributed by atoms with E-state index in [4.69, 9.17) is 5.73 Å². The molecule has 0 aliphatic rings. The zero-order valence-electron chi connectivity index (χ0n) is 14.8. The number of amides is 1. The molecule has 0 saturated carbocycles. The van der Waals surface area contributed by atoms with Gasteiger partial charge >= 0.3 is 5.69 Å². The van der Waals surface area contributed by atoms with Crippen LogP contribution in [0.4, 0.5) is 11.4 Å². The summed E-state index contributed by atoms with van der Waals surface area (Å²) in [6, 6.07) is 13.5. The summed E-state index contributed by atoms with van der Waals surface area (Å²) in [5.74, 6) is -0.662. The Bertz CT molecular complexity index is 1120. The van der Waals surface area contributed by atoms with Crippen LogP contribution in [0.5, 0.6) is 0 Å². The van der Waals surface area contributed by atoms with Gasteiger partial charge in [-0.2, -0.15) is 0 Å². The molecule has 0 aliphatic heterocycles. The highest BCUT2D eigenvalue weighted by Crippen LogP contribution is 2.29. The number of nitrogens with two attached hydrogens (primary N) is 1. The van der Waals surface area contributed by atoms with Crippen molar-refractivity contribution >= 4 is 29.0 Å². The topological polar surface area (TPSA) is 121 Å². The molecule has 0 spiro atoms. The Balaban J connectivity index is 1.74. The summed E-state index contributed by atoms with van der Waals surface area (Å²) in [7, 11) is 0. The molecule has 0 radical (unpaired) electrons. The minimum absolute atomic E-state index is 0.266.